The predicted molar refractivity (Wildman–Crippen MR) is 101 cm³/mol. The average molecular weight is 375 g/mol. The van der Waals surface area contributed by atoms with E-state index in [9.17, 15) is 4.79 Å². The van der Waals surface area contributed by atoms with Crippen LogP contribution in [0.4, 0.5) is 0 Å². The summed E-state index contributed by atoms with van der Waals surface area (Å²) in [5, 5.41) is 4.00. The van der Waals surface area contributed by atoms with Crippen molar-refractivity contribution < 1.29 is 18.8 Å². The first kappa shape index (κ1) is 16.6. The maximum absolute atomic E-state index is 12.3. The summed E-state index contributed by atoms with van der Waals surface area (Å²) in [6.45, 7) is 2.08. The van der Waals surface area contributed by atoms with Crippen LogP contribution in [0.2, 0.25) is 0 Å². The molecule has 5 rings (SSSR count). The third-order valence-electron chi connectivity index (χ3n) is 4.75. The molecule has 140 valence electrons. The number of esters is 1. The van der Waals surface area contributed by atoms with Gasteiger partial charge in [0.1, 0.15) is 24.2 Å². The molecule has 4 aromatic rings. The van der Waals surface area contributed by atoms with Crippen LogP contribution in [-0.4, -0.2) is 27.2 Å². The highest BCUT2D eigenvalue weighted by Gasteiger charge is 2.20. The Morgan fingerprint density at radius 3 is 3.11 bits per heavy atom. The van der Waals surface area contributed by atoms with Gasteiger partial charge < -0.3 is 19.0 Å². The number of nitrogens with zero attached hydrogens (tertiary/aromatic N) is 2. The summed E-state index contributed by atoms with van der Waals surface area (Å²) in [7, 11) is 0. The lowest BCUT2D eigenvalue weighted by Crippen LogP contribution is -2.05. The van der Waals surface area contributed by atoms with E-state index < -0.39 is 5.97 Å². The average Bonchev–Trinajstić information content (AvgIpc) is 3.43. The number of hydrogen-bond acceptors (Lipinski definition) is 6. The van der Waals surface area contributed by atoms with Gasteiger partial charge in [-0.3, -0.25) is 0 Å². The Kier molecular flexibility index (Phi) is 3.86. The molecule has 3 heterocycles. The van der Waals surface area contributed by atoms with Crippen molar-refractivity contribution in [1.82, 2.24) is 15.1 Å². The van der Waals surface area contributed by atoms with E-state index in [1.165, 1.54) is 5.56 Å². The van der Waals surface area contributed by atoms with Gasteiger partial charge in [-0.05, 0) is 36.8 Å². The fraction of sp³-hybridized carbons (Fsp3) is 0.190. The Morgan fingerprint density at radius 1 is 1.25 bits per heavy atom. The predicted octanol–water partition coefficient (Wildman–Crippen LogP) is 3.90. The number of H-pyrrole nitrogens is 1. The molecule has 1 unspecified atom stereocenters. The van der Waals surface area contributed by atoms with E-state index in [2.05, 4.69) is 15.1 Å². The van der Waals surface area contributed by atoms with Gasteiger partial charge in [-0.25, -0.2) is 9.78 Å². The highest BCUT2D eigenvalue weighted by molar-refractivity contribution is 5.93. The van der Waals surface area contributed by atoms with Gasteiger partial charge in [-0.2, -0.15) is 0 Å². The van der Waals surface area contributed by atoms with E-state index in [-0.39, 0.29) is 12.7 Å². The van der Waals surface area contributed by atoms with Crippen molar-refractivity contribution in [2.45, 2.75) is 26.1 Å². The maximum Gasteiger partial charge on any atom is 0.338 e. The van der Waals surface area contributed by atoms with Crippen LogP contribution in [0.1, 0.15) is 28.5 Å². The normalized spacial score (nSPS) is 15.4. The SMILES string of the molecule is CC1Cc2ccc(-c3cc(COC(=O)c4ccc5nc[nH]c5c4)no3)cc2O1. The van der Waals surface area contributed by atoms with Crippen molar-refractivity contribution in [2.75, 3.05) is 0 Å². The third-order valence-corrected chi connectivity index (χ3v) is 4.75. The standard InChI is InChI=1S/C21H17N3O4/c1-12-6-13-2-3-14(8-19(13)27-12)20-9-16(24-28-20)10-26-21(25)15-4-5-17-18(7-15)23-11-22-17/h2-5,7-9,11-12H,6,10H2,1H3,(H,22,23). The van der Waals surface area contributed by atoms with Crippen LogP contribution in [0.3, 0.4) is 0 Å². The molecule has 0 aliphatic carbocycles. The molecule has 1 aliphatic heterocycles. The lowest BCUT2D eigenvalue weighted by atomic mass is 10.1. The minimum atomic E-state index is -0.430. The van der Waals surface area contributed by atoms with Crippen molar-refractivity contribution in [1.29, 1.82) is 0 Å². The first-order chi connectivity index (χ1) is 13.7. The fourth-order valence-electron chi connectivity index (χ4n) is 3.36. The quantitative estimate of drug-likeness (QED) is 0.544. The topological polar surface area (TPSA) is 90.2 Å². The molecule has 1 N–H and O–H groups in total. The number of imidazole rings is 1. The molecule has 1 aliphatic rings. The summed E-state index contributed by atoms with van der Waals surface area (Å²) in [4.78, 5) is 19.4. The number of hydrogen-bond donors (Lipinski definition) is 1. The molecule has 2 aromatic carbocycles. The molecular weight excluding hydrogens is 358 g/mol. The molecule has 28 heavy (non-hydrogen) atoms. The molecule has 7 heteroatoms. The van der Waals surface area contributed by atoms with E-state index in [4.69, 9.17) is 14.0 Å². The van der Waals surface area contributed by atoms with E-state index in [0.717, 1.165) is 28.8 Å². The van der Waals surface area contributed by atoms with Crippen molar-refractivity contribution in [2.24, 2.45) is 0 Å². The second-order valence-electron chi connectivity index (χ2n) is 6.85. The van der Waals surface area contributed by atoms with Crippen LogP contribution in [-0.2, 0) is 17.8 Å². The van der Waals surface area contributed by atoms with Crippen LogP contribution in [0.5, 0.6) is 5.75 Å². The van der Waals surface area contributed by atoms with Gasteiger partial charge in [0, 0.05) is 18.1 Å². The summed E-state index contributed by atoms with van der Waals surface area (Å²) in [5.74, 6) is 1.06. The van der Waals surface area contributed by atoms with Crippen molar-refractivity contribution in [3.8, 4) is 17.1 Å². The highest BCUT2D eigenvalue weighted by atomic mass is 16.5. The number of aromatic nitrogens is 3. The van der Waals surface area contributed by atoms with Crippen LogP contribution < -0.4 is 4.74 Å². The number of benzene rings is 2. The molecular formula is C21H17N3O4. The lowest BCUT2D eigenvalue weighted by Gasteiger charge is -2.03. The molecule has 0 radical (unpaired) electrons. The number of carbonyl (C=O) groups excluding carboxylic acids is 1. The summed E-state index contributed by atoms with van der Waals surface area (Å²) < 4.78 is 16.6. The van der Waals surface area contributed by atoms with Gasteiger partial charge in [0.05, 0.1) is 22.9 Å². The second-order valence-corrected chi connectivity index (χ2v) is 6.85. The third kappa shape index (κ3) is 3.00. The number of carbonyl (C=O) groups is 1. The maximum atomic E-state index is 12.3. The van der Waals surface area contributed by atoms with Crippen molar-refractivity contribution >= 4 is 17.0 Å². The Morgan fingerprint density at radius 2 is 2.18 bits per heavy atom. The summed E-state index contributed by atoms with van der Waals surface area (Å²) in [6, 6.07) is 12.9. The number of ether oxygens (including phenoxy) is 2. The van der Waals surface area contributed by atoms with E-state index in [0.29, 0.717) is 17.0 Å². The smallest absolute Gasteiger partial charge is 0.338 e. The summed E-state index contributed by atoms with van der Waals surface area (Å²) in [5.41, 5.74) is 4.64. The molecule has 0 saturated heterocycles. The Hall–Kier alpha value is -3.61. The van der Waals surface area contributed by atoms with Gasteiger partial charge in [0.25, 0.3) is 0 Å². The van der Waals surface area contributed by atoms with E-state index in [1.54, 1.807) is 30.6 Å². The van der Waals surface area contributed by atoms with E-state index >= 15 is 0 Å². The zero-order chi connectivity index (χ0) is 19.1. The molecule has 0 fully saturated rings. The van der Waals surface area contributed by atoms with Gasteiger partial charge in [-0.15, -0.1) is 0 Å². The first-order valence-corrected chi connectivity index (χ1v) is 9.01. The van der Waals surface area contributed by atoms with Gasteiger partial charge in [0.2, 0.25) is 0 Å². The van der Waals surface area contributed by atoms with Crippen molar-refractivity contribution in [3.05, 3.63) is 65.6 Å². The molecule has 0 saturated carbocycles. The summed E-state index contributed by atoms with van der Waals surface area (Å²) in [6.07, 6.45) is 2.69. The van der Waals surface area contributed by atoms with Crippen LogP contribution in [0.15, 0.2) is 53.3 Å². The molecule has 0 bridgehead atoms. The zero-order valence-electron chi connectivity index (χ0n) is 15.1. The molecule has 2 aromatic heterocycles. The monoisotopic (exact) mass is 375 g/mol. The lowest BCUT2D eigenvalue weighted by molar-refractivity contribution is 0.0464. The van der Waals surface area contributed by atoms with Gasteiger partial charge >= 0.3 is 5.97 Å². The fourth-order valence-corrected chi connectivity index (χ4v) is 3.36. The molecule has 0 amide bonds. The van der Waals surface area contributed by atoms with Crippen molar-refractivity contribution in [3.63, 3.8) is 0 Å². The minimum absolute atomic E-state index is 0.0296. The van der Waals surface area contributed by atoms with Crippen LogP contribution in [0.25, 0.3) is 22.4 Å². The molecule has 1 atom stereocenters. The van der Waals surface area contributed by atoms with E-state index in [1.807, 2.05) is 25.1 Å². The summed E-state index contributed by atoms with van der Waals surface area (Å²) >= 11 is 0. The highest BCUT2D eigenvalue weighted by Crippen LogP contribution is 2.33. The molecule has 0 spiro atoms. The minimum Gasteiger partial charge on any atom is -0.490 e. The Balaban J connectivity index is 1.28. The number of aromatic amines is 1. The second kappa shape index (κ2) is 6.53. The van der Waals surface area contributed by atoms with Gasteiger partial charge in [0.15, 0.2) is 5.76 Å². The molecule has 7 nitrogen and oxygen atoms in total. The largest absolute Gasteiger partial charge is 0.490 e. The number of rotatable bonds is 4. The Labute approximate surface area is 160 Å². The number of nitrogens with one attached hydrogen (secondary N) is 1. The first-order valence-electron chi connectivity index (χ1n) is 9.01. The number of fused-ring (bicyclic) bond motifs is 2. The van der Waals surface area contributed by atoms with Crippen LogP contribution in [0, 0.1) is 0 Å². The Bertz CT molecular complexity index is 1180. The zero-order valence-corrected chi connectivity index (χ0v) is 15.1. The van der Waals surface area contributed by atoms with Gasteiger partial charge in [-0.1, -0.05) is 17.3 Å². The van der Waals surface area contributed by atoms with Crippen LogP contribution >= 0.6 is 0 Å².